The summed E-state index contributed by atoms with van der Waals surface area (Å²) in [5, 5.41) is 20.6. The molecule has 2 atom stereocenters. The molecule has 0 unspecified atom stereocenters. The van der Waals surface area contributed by atoms with Gasteiger partial charge < -0.3 is 19.3 Å². The monoisotopic (exact) mass is 629 g/mol. The summed E-state index contributed by atoms with van der Waals surface area (Å²) in [6.07, 6.45) is 0.694. The number of hydrogen-bond donors (Lipinski definition) is 1. The number of benzene rings is 3. The third-order valence-electron chi connectivity index (χ3n) is 7.30. The minimum atomic E-state index is -0.978. The molecule has 2 aliphatic rings. The van der Waals surface area contributed by atoms with Crippen molar-refractivity contribution in [2.75, 3.05) is 18.1 Å². The van der Waals surface area contributed by atoms with Gasteiger partial charge in [-0.15, -0.1) is 10.2 Å². The van der Waals surface area contributed by atoms with Gasteiger partial charge in [0, 0.05) is 17.7 Å². The maximum atomic E-state index is 13.7. The first-order valence-electron chi connectivity index (χ1n) is 14.4. The maximum absolute atomic E-state index is 13.7. The van der Waals surface area contributed by atoms with Crippen LogP contribution in [0, 0.1) is 0 Å². The predicted molar refractivity (Wildman–Crippen MR) is 170 cm³/mol. The lowest BCUT2D eigenvalue weighted by molar-refractivity contribution is -0.132. The number of carbonyl (C=O) groups is 2. The average Bonchev–Trinajstić information content (AvgIpc) is 3.72. The van der Waals surface area contributed by atoms with E-state index < -0.39 is 17.7 Å². The summed E-state index contributed by atoms with van der Waals surface area (Å²) >= 11 is 2.72. The molecule has 44 heavy (non-hydrogen) atoms. The van der Waals surface area contributed by atoms with Crippen LogP contribution in [0.4, 0.5) is 5.13 Å². The number of carbonyl (C=O) groups excluding carboxylic acids is 2. The summed E-state index contributed by atoms with van der Waals surface area (Å²) in [5.74, 6) is 0.558. The molecule has 6 rings (SSSR count). The van der Waals surface area contributed by atoms with Crippen LogP contribution in [0.1, 0.15) is 49.1 Å². The van der Waals surface area contributed by atoms with Gasteiger partial charge in [0.1, 0.15) is 17.6 Å². The Morgan fingerprint density at radius 2 is 1.80 bits per heavy atom. The molecule has 0 radical (unpaired) electrons. The molecule has 2 aliphatic heterocycles. The second-order valence-electron chi connectivity index (χ2n) is 10.3. The van der Waals surface area contributed by atoms with Crippen LogP contribution in [0.2, 0.25) is 0 Å². The average molecular weight is 630 g/mol. The Hall–Kier alpha value is -4.35. The van der Waals surface area contributed by atoms with Gasteiger partial charge in [-0.25, -0.2) is 0 Å². The number of aliphatic hydroxyl groups excluding tert-OH is 1. The predicted octanol–water partition coefficient (Wildman–Crippen LogP) is 6.58. The lowest BCUT2D eigenvalue weighted by atomic mass is 9.94. The minimum absolute atomic E-state index is 0.0141. The molecule has 11 heteroatoms. The largest absolute Gasteiger partial charge is 0.507 e. The molecule has 0 spiro atoms. The first-order chi connectivity index (χ1) is 21.4. The van der Waals surface area contributed by atoms with E-state index in [0.717, 1.165) is 16.9 Å². The summed E-state index contributed by atoms with van der Waals surface area (Å²) in [4.78, 5) is 28.8. The molecule has 3 aromatic carbocycles. The SMILES string of the molecule is CCOc1ccc([C@@H]2/C(=C(\O)c3ccc4c(c3)C[C@@H](C)O4)C(=O)C(=O)N2c2nnc(SCc3ccccc3)s2)cc1OCC. The van der Waals surface area contributed by atoms with Crippen molar-refractivity contribution in [2.24, 2.45) is 0 Å². The second kappa shape index (κ2) is 12.7. The molecule has 0 aliphatic carbocycles. The smallest absolute Gasteiger partial charge is 0.301 e. The van der Waals surface area contributed by atoms with E-state index in [-0.39, 0.29) is 22.6 Å². The molecule has 1 saturated heterocycles. The van der Waals surface area contributed by atoms with Gasteiger partial charge in [-0.2, -0.15) is 0 Å². The number of anilines is 1. The number of aromatic nitrogens is 2. The number of aliphatic hydroxyl groups is 1. The molecule has 3 heterocycles. The number of thioether (sulfide) groups is 1. The Kier molecular flexibility index (Phi) is 8.58. The van der Waals surface area contributed by atoms with Gasteiger partial charge in [0.05, 0.1) is 24.8 Å². The highest BCUT2D eigenvalue weighted by Gasteiger charge is 2.48. The number of ketones is 1. The highest BCUT2D eigenvalue weighted by atomic mass is 32.2. The van der Waals surface area contributed by atoms with Crippen molar-refractivity contribution in [1.29, 1.82) is 0 Å². The van der Waals surface area contributed by atoms with Crippen molar-refractivity contribution >= 4 is 45.7 Å². The first kappa shape index (κ1) is 29.7. The summed E-state index contributed by atoms with van der Waals surface area (Å²) in [6, 6.07) is 19.5. The van der Waals surface area contributed by atoms with Gasteiger partial charge >= 0.3 is 5.91 Å². The van der Waals surface area contributed by atoms with Crippen LogP contribution in [0.3, 0.4) is 0 Å². The second-order valence-corrected chi connectivity index (χ2v) is 12.5. The van der Waals surface area contributed by atoms with Crippen LogP contribution < -0.4 is 19.1 Å². The lowest BCUT2D eigenvalue weighted by Gasteiger charge is -2.23. The van der Waals surface area contributed by atoms with Crippen molar-refractivity contribution in [2.45, 2.75) is 49.4 Å². The number of rotatable bonds is 10. The lowest BCUT2D eigenvalue weighted by Crippen LogP contribution is -2.29. The Labute approximate surface area is 263 Å². The van der Waals surface area contributed by atoms with Gasteiger partial charge in [0.25, 0.3) is 5.78 Å². The highest BCUT2D eigenvalue weighted by Crippen LogP contribution is 2.46. The van der Waals surface area contributed by atoms with E-state index in [0.29, 0.717) is 52.4 Å². The van der Waals surface area contributed by atoms with Gasteiger partial charge in [-0.05, 0) is 67.8 Å². The molecular formula is C33H31N3O6S2. The zero-order valence-corrected chi connectivity index (χ0v) is 26.1. The molecule has 0 saturated carbocycles. The summed E-state index contributed by atoms with van der Waals surface area (Å²) in [6.45, 7) is 6.54. The van der Waals surface area contributed by atoms with E-state index in [1.807, 2.05) is 57.2 Å². The van der Waals surface area contributed by atoms with Crippen LogP contribution in [0.15, 0.2) is 76.6 Å². The number of ether oxygens (including phenoxy) is 3. The van der Waals surface area contributed by atoms with E-state index in [9.17, 15) is 14.7 Å². The first-order valence-corrected chi connectivity index (χ1v) is 16.2. The molecule has 1 N–H and O–H groups in total. The summed E-state index contributed by atoms with van der Waals surface area (Å²) < 4.78 is 18.1. The van der Waals surface area contributed by atoms with Gasteiger partial charge in [-0.3, -0.25) is 14.5 Å². The third kappa shape index (κ3) is 5.77. The number of hydrogen-bond acceptors (Lipinski definition) is 10. The Bertz CT molecular complexity index is 1740. The van der Waals surface area contributed by atoms with E-state index in [4.69, 9.17) is 14.2 Å². The van der Waals surface area contributed by atoms with Crippen LogP contribution >= 0.6 is 23.1 Å². The van der Waals surface area contributed by atoms with Crippen molar-refractivity contribution in [3.63, 3.8) is 0 Å². The van der Waals surface area contributed by atoms with Gasteiger partial charge in [0.2, 0.25) is 5.13 Å². The topological polar surface area (TPSA) is 111 Å². The Balaban J connectivity index is 1.43. The van der Waals surface area contributed by atoms with Crippen LogP contribution in [0.25, 0.3) is 5.76 Å². The molecule has 1 fully saturated rings. The number of nitrogens with zero attached hydrogens (tertiary/aromatic N) is 3. The zero-order chi connectivity index (χ0) is 30.8. The fraction of sp³-hybridized carbons (Fsp3) is 0.273. The molecule has 9 nitrogen and oxygen atoms in total. The molecule has 1 aromatic heterocycles. The zero-order valence-electron chi connectivity index (χ0n) is 24.5. The van der Waals surface area contributed by atoms with Crippen molar-refractivity contribution in [3.05, 3.63) is 94.6 Å². The minimum Gasteiger partial charge on any atom is -0.507 e. The summed E-state index contributed by atoms with van der Waals surface area (Å²) in [7, 11) is 0. The maximum Gasteiger partial charge on any atom is 0.301 e. The standard InChI is InChI=1S/C33H31N3O6S2/c1-4-40-25-14-11-21(17-26(25)41-5-2)28-27(29(37)22-12-13-24-23(16-22)15-19(3)42-24)30(38)31(39)36(28)32-34-35-33(44-32)43-18-20-9-7-6-8-10-20/h6-14,16-17,19,28,37H,4-5,15,18H2,1-3H3/b29-27+/t19-,28-/m1/s1. The summed E-state index contributed by atoms with van der Waals surface area (Å²) in [5.41, 5.74) is 3.00. The third-order valence-corrected chi connectivity index (χ3v) is 9.43. The van der Waals surface area contributed by atoms with Crippen molar-refractivity contribution in [1.82, 2.24) is 10.2 Å². The van der Waals surface area contributed by atoms with Crippen molar-refractivity contribution in [3.8, 4) is 17.2 Å². The van der Waals surface area contributed by atoms with Crippen LogP contribution in [-0.2, 0) is 21.8 Å². The Morgan fingerprint density at radius 3 is 2.57 bits per heavy atom. The molecule has 4 aromatic rings. The van der Waals surface area contributed by atoms with Crippen molar-refractivity contribution < 1.29 is 28.9 Å². The molecule has 226 valence electrons. The number of Topliss-reactive ketones (excluding diaryl/α,β-unsaturated/α-hetero) is 1. The van der Waals surface area contributed by atoms with E-state index in [1.54, 1.807) is 30.3 Å². The highest BCUT2D eigenvalue weighted by molar-refractivity contribution is 8.00. The van der Waals surface area contributed by atoms with Crippen LogP contribution in [-0.4, -0.2) is 46.3 Å². The van der Waals surface area contributed by atoms with Gasteiger partial charge in [-0.1, -0.05) is 59.5 Å². The van der Waals surface area contributed by atoms with E-state index >= 15 is 0 Å². The van der Waals surface area contributed by atoms with Gasteiger partial charge in [0.15, 0.2) is 15.8 Å². The van der Waals surface area contributed by atoms with Crippen LogP contribution in [0.5, 0.6) is 17.2 Å². The molecule has 0 bridgehead atoms. The quantitative estimate of drug-likeness (QED) is 0.0684. The van der Waals surface area contributed by atoms with E-state index in [1.165, 1.54) is 28.0 Å². The Morgan fingerprint density at radius 1 is 1.02 bits per heavy atom. The fourth-order valence-corrected chi connectivity index (χ4v) is 7.21. The fourth-order valence-electron chi connectivity index (χ4n) is 5.39. The van der Waals surface area contributed by atoms with E-state index in [2.05, 4.69) is 10.2 Å². The normalized spacial score (nSPS) is 18.8. The molecule has 1 amide bonds. The number of fused-ring (bicyclic) bond motifs is 1. The molecular weight excluding hydrogens is 599 g/mol. The number of amides is 1.